The fourth-order valence-electron chi connectivity index (χ4n) is 2.73. The molecule has 1 heterocycles. The Kier molecular flexibility index (Phi) is 5.72. The van der Waals surface area contributed by atoms with Crippen molar-refractivity contribution in [1.82, 2.24) is 0 Å². The Morgan fingerprint density at radius 2 is 1.15 bits per heavy atom. The van der Waals surface area contributed by atoms with Gasteiger partial charge in [-0.2, -0.15) is 10.9 Å². The van der Waals surface area contributed by atoms with Crippen LogP contribution >= 0.6 is 45.2 Å². The monoisotopic (exact) mass is 488 g/mol. The van der Waals surface area contributed by atoms with Gasteiger partial charge in [-0.1, -0.05) is 48.2 Å². The second-order valence-electron chi connectivity index (χ2n) is 5.66. The minimum absolute atomic E-state index is 0.547. The number of halogens is 1. The first kappa shape index (κ1) is 17.8. The van der Waals surface area contributed by atoms with Crippen LogP contribution in [0.25, 0.3) is 0 Å². The highest BCUT2D eigenvalue weighted by Crippen LogP contribution is 2.51. The largest absolute Gasteiger partial charge is 0.444 e. The van der Waals surface area contributed by atoms with E-state index in [4.69, 9.17) is 4.42 Å². The van der Waals surface area contributed by atoms with E-state index in [1.165, 1.54) is 19.6 Å². The molecule has 0 bridgehead atoms. The SMILES string of the molecule is Ic1ccc(Sc2ccc([SH](c3ccccc3)c3ccccc3)cc2)o1. The Balaban J connectivity index is 1.66. The molecular formula is C22H17IOS2. The van der Waals surface area contributed by atoms with Crippen molar-refractivity contribution in [2.24, 2.45) is 0 Å². The summed E-state index contributed by atoms with van der Waals surface area (Å²) >= 11 is 3.85. The molecule has 3 aromatic carbocycles. The molecule has 0 atom stereocenters. The molecule has 1 nitrogen and oxygen atoms in total. The molecular weight excluding hydrogens is 471 g/mol. The van der Waals surface area contributed by atoms with E-state index in [0.717, 1.165) is 8.86 Å². The fraction of sp³-hybridized carbons (Fsp3) is 0. The number of thiol groups is 1. The van der Waals surface area contributed by atoms with Gasteiger partial charge in [-0.25, -0.2) is 0 Å². The van der Waals surface area contributed by atoms with Crippen molar-refractivity contribution in [2.75, 3.05) is 0 Å². The lowest BCUT2D eigenvalue weighted by molar-refractivity contribution is 0.450. The molecule has 4 aromatic rings. The molecule has 0 aliphatic heterocycles. The van der Waals surface area contributed by atoms with E-state index in [1.807, 2.05) is 12.1 Å². The molecule has 26 heavy (non-hydrogen) atoms. The Labute approximate surface area is 174 Å². The third-order valence-corrected chi connectivity index (χ3v) is 7.84. The molecule has 0 saturated heterocycles. The smallest absolute Gasteiger partial charge is 0.166 e. The van der Waals surface area contributed by atoms with Crippen molar-refractivity contribution in [3.63, 3.8) is 0 Å². The zero-order valence-electron chi connectivity index (χ0n) is 13.9. The number of hydrogen-bond acceptors (Lipinski definition) is 2. The Morgan fingerprint density at radius 3 is 1.65 bits per heavy atom. The maximum atomic E-state index is 5.66. The minimum atomic E-state index is -0.547. The van der Waals surface area contributed by atoms with Crippen LogP contribution in [0.4, 0.5) is 0 Å². The van der Waals surface area contributed by atoms with Crippen LogP contribution in [0.15, 0.2) is 126 Å². The molecule has 4 heteroatoms. The lowest BCUT2D eigenvalue weighted by atomic mass is 10.4. The van der Waals surface area contributed by atoms with Gasteiger partial charge in [0.25, 0.3) is 0 Å². The average molecular weight is 488 g/mol. The predicted octanol–water partition coefficient (Wildman–Crippen LogP) is 7.51. The Morgan fingerprint density at radius 1 is 0.615 bits per heavy atom. The lowest BCUT2D eigenvalue weighted by Gasteiger charge is -2.23. The van der Waals surface area contributed by atoms with E-state index >= 15 is 0 Å². The minimum Gasteiger partial charge on any atom is -0.444 e. The summed E-state index contributed by atoms with van der Waals surface area (Å²) in [4.78, 5) is 5.29. The molecule has 0 amide bonds. The first-order valence-electron chi connectivity index (χ1n) is 8.23. The van der Waals surface area contributed by atoms with Gasteiger partial charge in [0.15, 0.2) is 8.86 Å². The summed E-state index contributed by atoms with van der Waals surface area (Å²) in [5.74, 6) is 0. The summed E-state index contributed by atoms with van der Waals surface area (Å²) in [6.45, 7) is 0. The van der Waals surface area contributed by atoms with E-state index in [1.54, 1.807) is 11.8 Å². The van der Waals surface area contributed by atoms with Gasteiger partial charge in [0.05, 0.1) is 0 Å². The molecule has 0 aliphatic carbocycles. The van der Waals surface area contributed by atoms with Crippen molar-refractivity contribution in [2.45, 2.75) is 24.7 Å². The van der Waals surface area contributed by atoms with Crippen LogP contribution in [-0.2, 0) is 0 Å². The first-order chi connectivity index (χ1) is 12.8. The molecule has 0 saturated carbocycles. The average Bonchev–Trinajstić information content (AvgIpc) is 3.10. The molecule has 1 aromatic heterocycles. The number of hydrogen-bond donors (Lipinski definition) is 1. The molecule has 4 rings (SSSR count). The highest BCUT2D eigenvalue weighted by Gasteiger charge is 2.12. The van der Waals surface area contributed by atoms with E-state index in [-0.39, 0.29) is 0 Å². The summed E-state index contributed by atoms with van der Waals surface area (Å²) in [6, 6.07) is 34.4. The summed E-state index contributed by atoms with van der Waals surface area (Å²) in [7, 11) is -0.547. The number of benzene rings is 3. The van der Waals surface area contributed by atoms with Gasteiger partial charge >= 0.3 is 0 Å². The highest BCUT2D eigenvalue weighted by atomic mass is 127. The second kappa shape index (κ2) is 8.37. The van der Waals surface area contributed by atoms with E-state index < -0.39 is 10.9 Å². The number of rotatable bonds is 5. The third-order valence-electron chi connectivity index (χ3n) is 3.89. The standard InChI is InChI=1S/C22H17IOS2/c23-21-15-16-22(24-21)25-17-11-13-20(14-12-17)26(18-7-3-1-4-8-18)19-9-5-2-6-10-19/h1-16,26H. The van der Waals surface area contributed by atoms with E-state index in [9.17, 15) is 0 Å². The molecule has 0 radical (unpaired) electrons. The van der Waals surface area contributed by atoms with Crippen molar-refractivity contribution in [3.05, 3.63) is 101 Å². The lowest BCUT2D eigenvalue weighted by Crippen LogP contribution is -1.88. The van der Waals surface area contributed by atoms with Crippen LogP contribution in [0.5, 0.6) is 0 Å². The van der Waals surface area contributed by atoms with Crippen LogP contribution in [0, 0.1) is 3.77 Å². The fourth-order valence-corrected chi connectivity index (χ4v) is 6.35. The maximum absolute atomic E-state index is 5.66. The topological polar surface area (TPSA) is 13.1 Å². The Bertz CT molecular complexity index is 926. The van der Waals surface area contributed by atoms with Crippen molar-refractivity contribution >= 4 is 45.2 Å². The zero-order chi connectivity index (χ0) is 17.8. The molecule has 130 valence electrons. The molecule has 0 aliphatic rings. The van der Waals surface area contributed by atoms with Crippen LogP contribution in [0.2, 0.25) is 0 Å². The highest BCUT2D eigenvalue weighted by molar-refractivity contribution is 14.1. The van der Waals surface area contributed by atoms with Gasteiger partial charge in [0.2, 0.25) is 0 Å². The zero-order valence-corrected chi connectivity index (χ0v) is 17.7. The van der Waals surface area contributed by atoms with Gasteiger partial charge in [-0.3, -0.25) is 0 Å². The normalized spacial score (nSPS) is 11.3. The van der Waals surface area contributed by atoms with Gasteiger partial charge < -0.3 is 4.42 Å². The van der Waals surface area contributed by atoms with Crippen LogP contribution in [0.3, 0.4) is 0 Å². The van der Waals surface area contributed by atoms with Crippen LogP contribution < -0.4 is 0 Å². The summed E-state index contributed by atoms with van der Waals surface area (Å²) in [6.07, 6.45) is 0. The summed E-state index contributed by atoms with van der Waals surface area (Å²) < 4.78 is 6.57. The molecule has 0 N–H and O–H groups in total. The second-order valence-corrected chi connectivity index (χ2v) is 10.0. The van der Waals surface area contributed by atoms with Crippen molar-refractivity contribution < 1.29 is 4.42 Å². The quantitative estimate of drug-likeness (QED) is 0.231. The van der Waals surface area contributed by atoms with Crippen LogP contribution in [0.1, 0.15) is 0 Å². The first-order valence-corrected chi connectivity index (χ1v) is 11.5. The van der Waals surface area contributed by atoms with E-state index in [2.05, 4.69) is 108 Å². The van der Waals surface area contributed by atoms with E-state index in [0.29, 0.717) is 0 Å². The molecule has 0 spiro atoms. The van der Waals surface area contributed by atoms with Crippen molar-refractivity contribution in [1.29, 1.82) is 0 Å². The summed E-state index contributed by atoms with van der Waals surface area (Å²) in [5.41, 5.74) is 0. The Hall–Kier alpha value is -1.63. The molecule has 0 fully saturated rings. The van der Waals surface area contributed by atoms with Gasteiger partial charge in [-0.05, 0) is 97.9 Å². The van der Waals surface area contributed by atoms with Crippen molar-refractivity contribution in [3.8, 4) is 0 Å². The van der Waals surface area contributed by atoms with Crippen LogP contribution in [-0.4, -0.2) is 0 Å². The van der Waals surface area contributed by atoms with Gasteiger partial charge in [-0.15, -0.1) is 0 Å². The molecule has 0 unspecified atom stereocenters. The van der Waals surface area contributed by atoms with Gasteiger partial charge in [0.1, 0.15) is 0 Å². The maximum Gasteiger partial charge on any atom is 0.166 e. The third kappa shape index (κ3) is 4.19. The predicted molar refractivity (Wildman–Crippen MR) is 119 cm³/mol. The number of furan rings is 1. The van der Waals surface area contributed by atoms with Gasteiger partial charge in [0, 0.05) is 4.90 Å². The summed E-state index contributed by atoms with van der Waals surface area (Å²) in [5, 5.41) is 0.926.